The second-order valence-corrected chi connectivity index (χ2v) is 5.97. The first-order valence-electron chi connectivity index (χ1n) is 7.02. The zero-order valence-electron chi connectivity index (χ0n) is 12.1. The highest BCUT2D eigenvalue weighted by molar-refractivity contribution is 7.12. The van der Waals surface area contributed by atoms with Crippen molar-refractivity contribution in [2.24, 2.45) is 0 Å². The maximum atomic E-state index is 12.2. The minimum absolute atomic E-state index is 0.129. The van der Waals surface area contributed by atoms with Gasteiger partial charge in [0.25, 0.3) is 10.6 Å². The molecule has 2 N–H and O–H groups in total. The Labute approximate surface area is 130 Å². The predicted molar refractivity (Wildman–Crippen MR) is 88.8 cm³/mol. The van der Waals surface area contributed by atoms with E-state index in [0.29, 0.717) is 23.5 Å². The number of carbonyl (C=O) groups is 1. The lowest BCUT2D eigenvalue weighted by Crippen LogP contribution is -2.25. The molecule has 0 saturated carbocycles. The van der Waals surface area contributed by atoms with Crippen LogP contribution in [0.25, 0.3) is 21.8 Å². The molecule has 5 nitrogen and oxygen atoms in total. The highest BCUT2D eigenvalue weighted by Crippen LogP contribution is 2.25. The monoisotopic (exact) mass is 316 g/mol. The number of carbonyl (C=O) groups excluding carboxylic acids is 1. The van der Waals surface area contributed by atoms with Gasteiger partial charge in [-0.2, -0.15) is 0 Å². The number of benzene rings is 1. The van der Waals surface area contributed by atoms with E-state index in [9.17, 15) is 9.59 Å². The normalized spacial score (nSPS) is 11.1. The Bertz CT molecular complexity index is 882. The van der Waals surface area contributed by atoms with Gasteiger partial charge >= 0.3 is 0 Å². The van der Waals surface area contributed by atoms with Crippen molar-refractivity contribution >= 4 is 39.0 Å². The van der Waals surface area contributed by atoms with Crippen LogP contribution in [0.3, 0.4) is 0 Å². The fourth-order valence-corrected chi connectivity index (χ4v) is 3.21. The van der Waals surface area contributed by atoms with Crippen LogP contribution in [-0.2, 0) is 4.74 Å². The van der Waals surface area contributed by atoms with Gasteiger partial charge in [0.2, 0.25) is 0 Å². The van der Waals surface area contributed by atoms with Crippen LogP contribution in [0, 0.1) is 0 Å². The first kappa shape index (κ1) is 14.7. The molecule has 114 valence electrons. The standard InChI is InChI=1S/C16H16N2O3S/c1-21-8-4-7-17-15(19)13-9-11-10-5-2-3-6-12(10)18-14(11)16(20)22-13/h2-3,5-6,9,18H,4,7-8H2,1H3,(H,17,19). The van der Waals surface area contributed by atoms with Crippen molar-refractivity contribution in [1.29, 1.82) is 0 Å². The first-order valence-corrected chi connectivity index (χ1v) is 7.84. The second kappa shape index (κ2) is 6.29. The van der Waals surface area contributed by atoms with Gasteiger partial charge < -0.3 is 15.0 Å². The third kappa shape index (κ3) is 2.75. The smallest absolute Gasteiger partial charge is 0.261 e. The molecule has 3 rings (SSSR count). The molecule has 0 radical (unpaired) electrons. The first-order chi connectivity index (χ1) is 10.7. The largest absolute Gasteiger partial charge is 0.385 e. The molecule has 0 aliphatic carbocycles. The number of hydrogen-bond donors (Lipinski definition) is 2. The minimum Gasteiger partial charge on any atom is -0.385 e. The summed E-state index contributed by atoms with van der Waals surface area (Å²) in [6.45, 7) is 1.12. The Morgan fingerprint density at radius 1 is 1.32 bits per heavy atom. The van der Waals surface area contributed by atoms with E-state index in [2.05, 4.69) is 10.3 Å². The quantitative estimate of drug-likeness (QED) is 0.711. The third-order valence-corrected chi connectivity index (χ3v) is 4.38. The molecule has 0 fully saturated rings. The molecule has 22 heavy (non-hydrogen) atoms. The molecule has 0 aliphatic heterocycles. The molecule has 1 amide bonds. The summed E-state index contributed by atoms with van der Waals surface area (Å²) in [5.74, 6) is -0.217. The molecular weight excluding hydrogens is 300 g/mol. The van der Waals surface area contributed by atoms with Gasteiger partial charge in [-0.3, -0.25) is 9.59 Å². The number of amides is 1. The lowest BCUT2D eigenvalue weighted by Gasteiger charge is -2.04. The summed E-state index contributed by atoms with van der Waals surface area (Å²) in [4.78, 5) is 28.0. The van der Waals surface area contributed by atoms with Crippen LogP contribution in [0.5, 0.6) is 0 Å². The topological polar surface area (TPSA) is 71.2 Å². The zero-order chi connectivity index (χ0) is 15.5. The predicted octanol–water partition coefficient (Wildman–Crippen LogP) is 2.51. The molecule has 0 bridgehead atoms. The lowest BCUT2D eigenvalue weighted by molar-refractivity contribution is 0.0952. The molecule has 6 heteroatoms. The number of methoxy groups -OCH3 is 1. The molecule has 1 aromatic carbocycles. The van der Waals surface area contributed by atoms with Gasteiger partial charge in [0.1, 0.15) is 5.52 Å². The van der Waals surface area contributed by atoms with E-state index < -0.39 is 0 Å². The van der Waals surface area contributed by atoms with Gasteiger partial charge in [-0.1, -0.05) is 29.5 Å². The summed E-state index contributed by atoms with van der Waals surface area (Å²) in [5.41, 5.74) is 1.46. The summed E-state index contributed by atoms with van der Waals surface area (Å²) >= 11 is 0.964. The molecule has 2 heterocycles. The average Bonchev–Trinajstić information content (AvgIpc) is 2.91. The number of nitrogens with one attached hydrogen (secondary N) is 2. The van der Waals surface area contributed by atoms with Crippen molar-refractivity contribution in [1.82, 2.24) is 10.3 Å². The Kier molecular flexibility index (Phi) is 4.22. The number of aromatic amines is 1. The summed E-state index contributed by atoms with van der Waals surface area (Å²) in [7, 11) is 1.62. The van der Waals surface area contributed by atoms with Crippen molar-refractivity contribution < 1.29 is 9.53 Å². The Balaban J connectivity index is 1.96. The molecule has 0 atom stereocenters. The molecule has 0 saturated heterocycles. The van der Waals surface area contributed by atoms with Crippen LogP contribution >= 0.6 is 11.3 Å². The summed E-state index contributed by atoms with van der Waals surface area (Å²) in [6, 6.07) is 9.48. The highest BCUT2D eigenvalue weighted by atomic mass is 32.1. The van der Waals surface area contributed by atoms with E-state index in [0.717, 1.165) is 34.0 Å². The van der Waals surface area contributed by atoms with Crippen molar-refractivity contribution in [3.8, 4) is 0 Å². The van der Waals surface area contributed by atoms with E-state index in [4.69, 9.17) is 4.74 Å². The number of aromatic nitrogens is 1. The van der Waals surface area contributed by atoms with Crippen LogP contribution in [0.15, 0.2) is 35.1 Å². The van der Waals surface area contributed by atoms with Gasteiger partial charge in [0, 0.05) is 36.6 Å². The van der Waals surface area contributed by atoms with Crippen LogP contribution in [0.4, 0.5) is 0 Å². The average molecular weight is 316 g/mol. The number of rotatable bonds is 5. The summed E-state index contributed by atoms with van der Waals surface area (Å²) in [6.07, 6.45) is 0.743. The third-order valence-electron chi connectivity index (χ3n) is 3.46. The van der Waals surface area contributed by atoms with Crippen molar-refractivity contribution in [3.63, 3.8) is 0 Å². The number of ether oxygens (including phenoxy) is 1. The fourth-order valence-electron chi connectivity index (χ4n) is 2.40. The Morgan fingerprint density at radius 2 is 2.14 bits per heavy atom. The molecule has 2 aromatic heterocycles. The molecule has 0 unspecified atom stereocenters. The van der Waals surface area contributed by atoms with Crippen LogP contribution in [0.1, 0.15) is 16.1 Å². The molecule has 0 spiro atoms. The zero-order valence-corrected chi connectivity index (χ0v) is 13.0. The van der Waals surface area contributed by atoms with Gasteiger partial charge in [0.15, 0.2) is 0 Å². The van der Waals surface area contributed by atoms with Crippen LogP contribution in [0.2, 0.25) is 0 Å². The lowest BCUT2D eigenvalue weighted by atomic mass is 10.2. The maximum absolute atomic E-state index is 12.2. The van der Waals surface area contributed by atoms with E-state index in [1.54, 1.807) is 13.2 Å². The van der Waals surface area contributed by atoms with E-state index in [-0.39, 0.29) is 10.6 Å². The molecule has 3 aromatic rings. The van der Waals surface area contributed by atoms with Crippen LogP contribution < -0.4 is 10.1 Å². The number of H-pyrrole nitrogens is 1. The SMILES string of the molecule is COCCCNC(=O)c1cc2c([nH]c3ccccc32)c(=O)s1. The summed E-state index contributed by atoms with van der Waals surface area (Å²) in [5, 5.41) is 4.56. The minimum atomic E-state index is -0.217. The molecular formula is C16H16N2O3S. The number of fused-ring (bicyclic) bond motifs is 3. The Hall–Kier alpha value is -2.18. The second-order valence-electron chi connectivity index (χ2n) is 4.96. The fraction of sp³-hybridized carbons (Fsp3) is 0.250. The van der Waals surface area contributed by atoms with Gasteiger partial charge in [-0.25, -0.2) is 0 Å². The van der Waals surface area contributed by atoms with E-state index in [1.807, 2.05) is 24.3 Å². The van der Waals surface area contributed by atoms with Crippen molar-refractivity contribution in [2.45, 2.75) is 6.42 Å². The number of para-hydroxylation sites is 1. The van der Waals surface area contributed by atoms with Gasteiger partial charge in [-0.15, -0.1) is 0 Å². The molecule has 0 aliphatic rings. The van der Waals surface area contributed by atoms with Crippen LogP contribution in [-0.4, -0.2) is 31.2 Å². The van der Waals surface area contributed by atoms with E-state index in [1.165, 1.54) is 0 Å². The van der Waals surface area contributed by atoms with Gasteiger partial charge in [0.05, 0.1) is 4.88 Å². The van der Waals surface area contributed by atoms with Crippen molar-refractivity contribution in [3.05, 3.63) is 44.7 Å². The van der Waals surface area contributed by atoms with E-state index >= 15 is 0 Å². The maximum Gasteiger partial charge on any atom is 0.261 e. The van der Waals surface area contributed by atoms with Crippen molar-refractivity contribution in [2.75, 3.05) is 20.3 Å². The summed E-state index contributed by atoms with van der Waals surface area (Å²) < 4.78 is 4.81. The highest BCUT2D eigenvalue weighted by Gasteiger charge is 2.13. The Morgan fingerprint density at radius 3 is 2.95 bits per heavy atom. The van der Waals surface area contributed by atoms with Gasteiger partial charge in [-0.05, 0) is 18.6 Å². The number of hydrogen-bond acceptors (Lipinski definition) is 4.